The van der Waals surface area contributed by atoms with Crippen LogP contribution in [0.25, 0.3) is 11.5 Å². The van der Waals surface area contributed by atoms with Crippen molar-refractivity contribution in [2.45, 2.75) is 27.2 Å². The van der Waals surface area contributed by atoms with Gasteiger partial charge in [-0.15, -0.1) is 5.10 Å². The molecule has 0 fully saturated rings. The summed E-state index contributed by atoms with van der Waals surface area (Å²) in [5.41, 5.74) is 4.86. The van der Waals surface area contributed by atoms with Crippen LogP contribution in [0.4, 0.5) is 6.01 Å². The highest BCUT2D eigenvalue weighted by molar-refractivity contribution is 5.90. The molecule has 0 saturated carbocycles. The molecule has 134 valence electrons. The molecule has 0 unspecified atom stereocenters. The summed E-state index contributed by atoms with van der Waals surface area (Å²) in [7, 11) is 1.62. The Hall–Kier alpha value is -3.15. The lowest BCUT2D eigenvalue weighted by molar-refractivity contribution is -0.115. The molecule has 1 aromatic heterocycles. The summed E-state index contributed by atoms with van der Waals surface area (Å²) in [6.07, 6.45) is 0.214. The fourth-order valence-electron chi connectivity index (χ4n) is 2.75. The van der Waals surface area contributed by atoms with Crippen LogP contribution in [0, 0.1) is 20.8 Å². The smallest absolute Gasteiger partial charge is 0.322 e. The Morgan fingerprint density at radius 1 is 1.08 bits per heavy atom. The molecule has 0 radical (unpaired) electrons. The van der Waals surface area contributed by atoms with Crippen molar-refractivity contribution < 1.29 is 13.9 Å². The number of methoxy groups -OCH3 is 1. The zero-order valence-electron chi connectivity index (χ0n) is 15.3. The van der Waals surface area contributed by atoms with E-state index in [9.17, 15) is 4.79 Å². The number of carbonyl (C=O) groups excluding carboxylic acids is 1. The fraction of sp³-hybridized carbons (Fsp3) is 0.250. The zero-order chi connectivity index (χ0) is 18.7. The van der Waals surface area contributed by atoms with E-state index in [1.54, 1.807) is 7.11 Å². The van der Waals surface area contributed by atoms with Crippen LogP contribution in [0.2, 0.25) is 0 Å². The molecule has 0 aliphatic heterocycles. The predicted octanol–water partition coefficient (Wildman–Crippen LogP) is 3.85. The van der Waals surface area contributed by atoms with Gasteiger partial charge in [0.1, 0.15) is 5.75 Å². The summed E-state index contributed by atoms with van der Waals surface area (Å²) in [6.45, 7) is 5.91. The van der Waals surface area contributed by atoms with E-state index in [2.05, 4.69) is 15.5 Å². The maximum atomic E-state index is 12.2. The van der Waals surface area contributed by atoms with Gasteiger partial charge in [0, 0.05) is 5.56 Å². The molecule has 0 spiro atoms. The minimum absolute atomic E-state index is 0.0936. The quantitative estimate of drug-likeness (QED) is 0.755. The zero-order valence-corrected chi connectivity index (χ0v) is 15.3. The van der Waals surface area contributed by atoms with Crippen molar-refractivity contribution >= 4 is 11.9 Å². The van der Waals surface area contributed by atoms with Crippen LogP contribution >= 0.6 is 0 Å². The third-order valence-electron chi connectivity index (χ3n) is 4.12. The van der Waals surface area contributed by atoms with Crippen molar-refractivity contribution in [2.75, 3.05) is 12.4 Å². The molecule has 0 atom stereocenters. The number of aryl methyl sites for hydroxylation is 3. The van der Waals surface area contributed by atoms with E-state index in [0.717, 1.165) is 33.6 Å². The Balaban J connectivity index is 1.70. The van der Waals surface area contributed by atoms with Gasteiger partial charge in [0.25, 0.3) is 0 Å². The Bertz CT molecular complexity index is 947. The molecule has 26 heavy (non-hydrogen) atoms. The Labute approximate surface area is 152 Å². The second kappa shape index (κ2) is 7.39. The second-order valence-corrected chi connectivity index (χ2v) is 6.26. The van der Waals surface area contributed by atoms with Gasteiger partial charge in [-0.2, -0.15) is 0 Å². The largest absolute Gasteiger partial charge is 0.496 e. The minimum atomic E-state index is -0.217. The molecule has 0 aliphatic carbocycles. The summed E-state index contributed by atoms with van der Waals surface area (Å²) < 4.78 is 10.8. The van der Waals surface area contributed by atoms with Crippen LogP contribution in [-0.2, 0) is 11.2 Å². The standard InChI is InChI=1S/C20H21N3O3/c1-12-5-6-13(2)16(9-12)19-22-23-20(26-19)21-18(24)11-15-7-8-17(25-4)14(3)10-15/h5-10H,11H2,1-4H3,(H,21,23,24). The molecule has 3 aromatic rings. The lowest BCUT2D eigenvalue weighted by Crippen LogP contribution is -2.14. The number of nitrogens with one attached hydrogen (secondary N) is 1. The van der Waals surface area contributed by atoms with Crippen LogP contribution in [0.15, 0.2) is 40.8 Å². The highest BCUT2D eigenvalue weighted by Gasteiger charge is 2.14. The summed E-state index contributed by atoms with van der Waals surface area (Å²) >= 11 is 0. The van der Waals surface area contributed by atoms with Gasteiger partial charge in [0.2, 0.25) is 11.8 Å². The van der Waals surface area contributed by atoms with Gasteiger partial charge in [-0.1, -0.05) is 34.9 Å². The molecule has 1 N–H and O–H groups in total. The van der Waals surface area contributed by atoms with E-state index in [0.29, 0.717) is 5.89 Å². The topological polar surface area (TPSA) is 77.2 Å². The first-order valence-electron chi connectivity index (χ1n) is 8.31. The number of carbonyl (C=O) groups is 1. The summed E-state index contributed by atoms with van der Waals surface area (Å²) in [6, 6.07) is 11.7. The maximum absolute atomic E-state index is 12.2. The monoisotopic (exact) mass is 351 g/mol. The molecule has 0 bridgehead atoms. The van der Waals surface area contributed by atoms with Gasteiger partial charge >= 0.3 is 6.01 Å². The second-order valence-electron chi connectivity index (χ2n) is 6.26. The highest BCUT2D eigenvalue weighted by atomic mass is 16.5. The number of aromatic nitrogens is 2. The van der Waals surface area contributed by atoms with Gasteiger partial charge in [0.15, 0.2) is 0 Å². The number of hydrogen-bond acceptors (Lipinski definition) is 5. The van der Waals surface area contributed by atoms with Crippen molar-refractivity contribution in [1.29, 1.82) is 0 Å². The molecule has 1 amide bonds. The number of rotatable bonds is 5. The van der Waals surface area contributed by atoms with Crippen LogP contribution in [-0.4, -0.2) is 23.2 Å². The van der Waals surface area contributed by atoms with E-state index in [4.69, 9.17) is 9.15 Å². The molecule has 0 saturated heterocycles. The van der Waals surface area contributed by atoms with Crippen molar-refractivity contribution in [2.24, 2.45) is 0 Å². The van der Waals surface area contributed by atoms with Crippen molar-refractivity contribution in [1.82, 2.24) is 10.2 Å². The lowest BCUT2D eigenvalue weighted by Gasteiger charge is -2.07. The SMILES string of the molecule is COc1ccc(CC(=O)Nc2nnc(-c3cc(C)ccc3C)o2)cc1C. The third kappa shape index (κ3) is 3.91. The van der Waals surface area contributed by atoms with E-state index in [1.165, 1.54) is 0 Å². The van der Waals surface area contributed by atoms with Crippen LogP contribution in [0.3, 0.4) is 0 Å². The van der Waals surface area contributed by atoms with Gasteiger partial charge in [-0.3, -0.25) is 10.1 Å². The molecule has 3 rings (SSSR count). The molecule has 0 aliphatic rings. The van der Waals surface area contributed by atoms with Gasteiger partial charge in [-0.25, -0.2) is 0 Å². The molecule has 2 aromatic carbocycles. The Morgan fingerprint density at radius 2 is 1.88 bits per heavy atom. The van der Waals surface area contributed by atoms with E-state index >= 15 is 0 Å². The van der Waals surface area contributed by atoms with Crippen molar-refractivity contribution in [3.8, 4) is 17.2 Å². The van der Waals surface area contributed by atoms with Crippen LogP contribution in [0.5, 0.6) is 5.75 Å². The lowest BCUT2D eigenvalue weighted by atomic mass is 10.1. The molecule has 6 heteroatoms. The number of anilines is 1. The maximum Gasteiger partial charge on any atom is 0.322 e. The van der Waals surface area contributed by atoms with Crippen LogP contribution < -0.4 is 10.1 Å². The van der Waals surface area contributed by atoms with Gasteiger partial charge < -0.3 is 9.15 Å². The molecular weight excluding hydrogens is 330 g/mol. The number of ether oxygens (including phenoxy) is 1. The van der Waals surface area contributed by atoms with E-state index in [-0.39, 0.29) is 18.3 Å². The molecule has 6 nitrogen and oxygen atoms in total. The number of nitrogens with zero attached hydrogens (tertiary/aromatic N) is 2. The Kier molecular flexibility index (Phi) is 5.02. The number of hydrogen-bond donors (Lipinski definition) is 1. The molecular formula is C20H21N3O3. The summed E-state index contributed by atoms with van der Waals surface area (Å²) in [4.78, 5) is 12.2. The third-order valence-corrected chi connectivity index (χ3v) is 4.12. The number of amides is 1. The Morgan fingerprint density at radius 3 is 2.62 bits per heavy atom. The van der Waals surface area contributed by atoms with Crippen LogP contribution in [0.1, 0.15) is 22.3 Å². The normalized spacial score (nSPS) is 10.6. The average Bonchev–Trinajstić information content (AvgIpc) is 3.05. The minimum Gasteiger partial charge on any atom is -0.496 e. The first-order chi connectivity index (χ1) is 12.5. The van der Waals surface area contributed by atoms with Gasteiger partial charge in [-0.05, 0) is 49.6 Å². The van der Waals surface area contributed by atoms with E-state index in [1.807, 2.05) is 57.2 Å². The summed E-state index contributed by atoms with van der Waals surface area (Å²) in [5.74, 6) is 0.969. The van der Waals surface area contributed by atoms with Crippen molar-refractivity contribution in [3.05, 3.63) is 58.7 Å². The first kappa shape index (κ1) is 17.7. The highest BCUT2D eigenvalue weighted by Crippen LogP contribution is 2.25. The average molecular weight is 351 g/mol. The van der Waals surface area contributed by atoms with Crippen molar-refractivity contribution in [3.63, 3.8) is 0 Å². The molecule has 1 heterocycles. The number of benzene rings is 2. The first-order valence-corrected chi connectivity index (χ1v) is 8.31. The van der Waals surface area contributed by atoms with E-state index < -0.39 is 0 Å². The van der Waals surface area contributed by atoms with Gasteiger partial charge in [0.05, 0.1) is 13.5 Å². The fourth-order valence-corrected chi connectivity index (χ4v) is 2.75. The summed E-state index contributed by atoms with van der Waals surface area (Å²) in [5, 5.41) is 10.6. The predicted molar refractivity (Wildman–Crippen MR) is 99.3 cm³/mol.